The van der Waals surface area contributed by atoms with E-state index in [4.69, 9.17) is 9.15 Å². The molecule has 1 aliphatic rings. The molecule has 8 heteroatoms. The molecule has 4 heterocycles. The number of hydrogen-bond acceptors (Lipinski definition) is 7. The number of hydrogen-bond donors (Lipinski definition) is 1. The summed E-state index contributed by atoms with van der Waals surface area (Å²) in [6.07, 6.45) is 3.31. The summed E-state index contributed by atoms with van der Waals surface area (Å²) in [4.78, 5) is 10.9. The third kappa shape index (κ3) is 3.10. The summed E-state index contributed by atoms with van der Waals surface area (Å²) in [6, 6.07) is 4.04. The van der Waals surface area contributed by atoms with Gasteiger partial charge in [0.15, 0.2) is 5.65 Å². The van der Waals surface area contributed by atoms with Gasteiger partial charge >= 0.3 is 0 Å². The molecule has 0 amide bonds. The van der Waals surface area contributed by atoms with Gasteiger partial charge < -0.3 is 14.5 Å². The molecule has 0 atom stereocenters. The average Bonchev–Trinajstić information content (AvgIpc) is 3.21. The van der Waals surface area contributed by atoms with Crippen molar-refractivity contribution in [2.45, 2.75) is 13.1 Å². The maximum Gasteiger partial charge on any atom is 0.163 e. The van der Waals surface area contributed by atoms with E-state index in [-0.39, 0.29) is 0 Å². The molecule has 0 unspecified atom stereocenters. The zero-order chi connectivity index (χ0) is 16.4. The first kappa shape index (κ1) is 15.1. The van der Waals surface area contributed by atoms with Crippen LogP contribution < -0.4 is 5.32 Å². The van der Waals surface area contributed by atoms with Crippen molar-refractivity contribution in [2.75, 3.05) is 31.6 Å². The Bertz CT molecular complexity index is 821. The second kappa shape index (κ2) is 6.58. The molecule has 1 fully saturated rings. The summed E-state index contributed by atoms with van der Waals surface area (Å²) in [6.45, 7) is 4.89. The van der Waals surface area contributed by atoms with Crippen molar-refractivity contribution in [3.05, 3.63) is 36.2 Å². The normalized spacial score (nSPS) is 15.9. The van der Waals surface area contributed by atoms with Gasteiger partial charge in [0.1, 0.15) is 23.7 Å². The summed E-state index contributed by atoms with van der Waals surface area (Å²) in [5.74, 6) is 2.62. The van der Waals surface area contributed by atoms with Gasteiger partial charge in [-0.3, -0.25) is 9.58 Å². The number of aromatic nitrogens is 4. The third-order valence-electron chi connectivity index (χ3n) is 4.16. The van der Waals surface area contributed by atoms with Crippen LogP contribution in [0.15, 0.2) is 29.1 Å². The first-order valence-electron chi connectivity index (χ1n) is 8.04. The minimum Gasteiger partial charge on any atom is -0.463 e. The fourth-order valence-corrected chi connectivity index (χ4v) is 2.86. The van der Waals surface area contributed by atoms with Crippen molar-refractivity contribution in [2.24, 2.45) is 7.05 Å². The minimum absolute atomic E-state index is 0.574. The van der Waals surface area contributed by atoms with Crippen LogP contribution in [-0.2, 0) is 24.9 Å². The van der Waals surface area contributed by atoms with E-state index in [1.54, 1.807) is 17.2 Å². The van der Waals surface area contributed by atoms with Crippen molar-refractivity contribution in [1.29, 1.82) is 0 Å². The lowest BCUT2D eigenvalue weighted by molar-refractivity contribution is 0.0312. The zero-order valence-electron chi connectivity index (χ0n) is 13.6. The second-order valence-corrected chi connectivity index (χ2v) is 5.84. The maximum absolute atomic E-state index is 5.92. The van der Waals surface area contributed by atoms with Crippen LogP contribution in [-0.4, -0.2) is 51.0 Å². The first-order valence-corrected chi connectivity index (χ1v) is 8.04. The molecule has 0 saturated carbocycles. The number of furan rings is 1. The molecule has 0 aromatic carbocycles. The molecule has 1 N–H and O–H groups in total. The molecule has 8 nitrogen and oxygen atoms in total. The number of morpholine rings is 1. The molecule has 4 rings (SSSR count). The van der Waals surface area contributed by atoms with E-state index in [0.29, 0.717) is 6.54 Å². The Balaban J connectivity index is 1.40. The standard InChI is InChI=1S/C16H20N6O2/c1-21-16-14(9-20-21)15(18-11-19-16)17-8-12-2-3-13(24-12)10-22-4-6-23-7-5-22/h2-3,9,11H,4-8,10H2,1H3,(H,17,18,19). The van der Waals surface area contributed by atoms with Crippen molar-refractivity contribution in [1.82, 2.24) is 24.6 Å². The van der Waals surface area contributed by atoms with Crippen LogP contribution in [0.2, 0.25) is 0 Å². The number of fused-ring (bicyclic) bond motifs is 1. The van der Waals surface area contributed by atoms with Crippen LogP contribution in [0.4, 0.5) is 5.82 Å². The number of nitrogens with one attached hydrogen (secondary N) is 1. The highest BCUT2D eigenvalue weighted by molar-refractivity contribution is 5.85. The number of aryl methyl sites for hydroxylation is 1. The van der Waals surface area contributed by atoms with Crippen LogP contribution in [0.25, 0.3) is 11.0 Å². The van der Waals surface area contributed by atoms with E-state index in [1.807, 2.05) is 19.2 Å². The third-order valence-corrected chi connectivity index (χ3v) is 4.16. The van der Waals surface area contributed by atoms with Gasteiger partial charge in [-0.1, -0.05) is 0 Å². The van der Waals surface area contributed by atoms with Crippen molar-refractivity contribution >= 4 is 16.9 Å². The molecule has 1 aliphatic heterocycles. The Morgan fingerprint density at radius 1 is 1.17 bits per heavy atom. The quantitative estimate of drug-likeness (QED) is 0.758. The van der Waals surface area contributed by atoms with Crippen molar-refractivity contribution in [3.8, 4) is 0 Å². The average molecular weight is 328 g/mol. The van der Waals surface area contributed by atoms with Gasteiger partial charge in [-0.15, -0.1) is 0 Å². The van der Waals surface area contributed by atoms with Gasteiger partial charge in [0.25, 0.3) is 0 Å². The van der Waals surface area contributed by atoms with Gasteiger partial charge in [-0.25, -0.2) is 9.97 Å². The predicted molar refractivity (Wildman–Crippen MR) is 88.4 cm³/mol. The molecule has 1 saturated heterocycles. The molecule has 0 aliphatic carbocycles. The van der Waals surface area contributed by atoms with E-state index >= 15 is 0 Å². The summed E-state index contributed by atoms with van der Waals surface area (Å²) >= 11 is 0. The molecule has 3 aromatic rings. The largest absolute Gasteiger partial charge is 0.463 e. The van der Waals surface area contributed by atoms with E-state index in [1.165, 1.54) is 0 Å². The number of nitrogens with zero attached hydrogens (tertiary/aromatic N) is 5. The maximum atomic E-state index is 5.92. The molecule has 3 aromatic heterocycles. The second-order valence-electron chi connectivity index (χ2n) is 5.84. The van der Waals surface area contributed by atoms with Gasteiger partial charge in [0.05, 0.1) is 37.9 Å². The Hall–Kier alpha value is -2.45. The van der Waals surface area contributed by atoms with Crippen LogP contribution >= 0.6 is 0 Å². The first-order chi connectivity index (χ1) is 11.8. The molecule has 0 bridgehead atoms. The van der Waals surface area contributed by atoms with Gasteiger partial charge in [0, 0.05) is 20.1 Å². The minimum atomic E-state index is 0.574. The van der Waals surface area contributed by atoms with Crippen LogP contribution in [0.1, 0.15) is 11.5 Å². The Kier molecular flexibility index (Phi) is 4.14. The molecule has 126 valence electrons. The zero-order valence-corrected chi connectivity index (χ0v) is 13.6. The van der Waals surface area contributed by atoms with Gasteiger partial charge in [-0.2, -0.15) is 5.10 Å². The highest BCUT2D eigenvalue weighted by Gasteiger charge is 2.13. The van der Waals surface area contributed by atoms with E-state index < -0.39 is 0 Å². The van der Waals surface area contributed by atoms with Crippen molar-refractivity contribution in [3.63, 3.8) is 0 Å². The topological polar surface area (TPSA) is 81.2 Å². The van der Waals surface area contributed by atoms with Crippen LogP contribution in [0, 0.1) is 0 Å². The summed E-state index contributed by atoms with van der Waals surface area (Å²) in [7, 11) is 1.86. The molecule has 0 spiro atoms. The molecular weight excluding hydrogens is 308 g/mol. The number of anilines is 1. The van der Waals surface area contributed by atoms with Gasteiger partial charge in [-0.05, 0) is 12.1 Å². The Labute approximate surface area is 139 Å². The summed E-state index contributed by atoms with van der Waals surface area (Å²) in [5, 5.41) is 8.42. The Morgan fingerprint density at radius 3 is 2.88 bits per heavy atom. The molecule has 0 radical (unpaired) electrons. The smallest absolute Gasteiger partial charge is 0.163 e. The number of rotatable bonds is 5. The lowest BCUT2D eigenvalue weighted by Crippen LogP contribution is -2.35. The highest BCUT2D eigenvalue weighted by Crippen LogP contribution is 2.19. The van der Waals surface area contributed by atoms with Gasteiger partial charge in [0.2, 0.25) is 0 Å². The molecule has 24 heavy (non-hydrogen) atoms. The van der Waals surface area contributed by atoms with E-state index in [9.17, 15) is 0 Å². The predicted octanol–water partition coefficient (Wildman–Crippen LogP) is 1.40. The SMILES string of the molecule is Cn1ncc2c(NCc3ccc(CN4CCOCC4)o3)ncnc21. The Morgan fingerprint density at radius 2 is 2.00 bits per heavy atom. The molecular formula is C16H20N6O2. The van der Waals surface area contributed by atoms with E-state index in [2.05, 4.69) is 25.3 Å². The number of ether oxygens (including phenoxy) is 1. The lowest BCUT2D eigenvalue weighted by Gasteiger charge is -2.25. The van der Waals surface area contributed by atoms with Crippen molar-refractivity contribution < 1.29 is 9.15 Å². The lowest BCUT2D eigenvalue weighted by atomic mass is 10.3. The van der Waals surface area contributed by atoms with Crippen LogP contribution in [0.5, 0.6) is 0 Å². The fourth-order valence-electron chi connectivity index (χ4n) is 2.86. The monoisotopic (exact) mass is 328 g/mol. The highest BCUT2D eigenvalue weighted by atomic mass is 16.5. The summed E-state index contributed by atoms with van der Waals surface area (Å²) < 4.78 is 13.0. The fraction of sp³-hybridized carbons (Fsp3) is 0.438. The summed E-state index contributed by atoms with van der Waals surface area (Å²) in [5.41, 5.74) is 0.806. The van der Waals surface area contributed by atoms with E-state index in [0.717, 1.165) is 61.2 Å². The van der Waals surface area contributed by atoms with Crippen LogP contribution in [0.3, 0.4) is 0 Å².